The van der Waals surface area contributed by atoms with E-state index in [1.807, 2.05) is 26.0 Å². The molecule has 6 nitrogen and oxygen atoms in total. The van der Waals surface area contributed by atoms with Crippen LogP contribution in [0.1, 0.15) is 46.7 Å². The van der Waals surface area contributed by atoms with Gasteiger partial charge in [-0.1, -0.05) is 42.0 Å². The number of anilines is 2. The number of allylic oxidation sites excluding steroid dienone is 1. The topological polar surface area (TPSA) is 101 Å². The molecule has 0 saturated heterocycles. The Labute approximate surface area is 231 Å². The number of carbonyl (C=O) groups excluding carboxylic acids is 1. The number of rotatable bonds is 10. The van der Waals surface area contributed by atoms with Crippen molar-refractivity contribution in [3.63, 3.8) is 0 Å². The van der Waals surface area contributed by atoms with E-state index in [0.717, 1.165) is 28.8 Å². The van der Waals surface area contributed by atoms with E-state index in [-0.39, 0.29) is 17.3 Å². The third kappa shape index (κ3) is 7.58. The second-order valence-electron chi connectivity index (χ2n) is 10.0. The van der Waals surface area contributed by atoms with Gasteiger partial charge in [-0.3, -0.25) is 10.2 Å². The molecule has 3 aromatic carbocycles. The van der Waals surface area contributed by atoms with Gasteiger partial charge >= 0.3 is 6.18 Å². The quantitative estimate of drug-likeness (QED) is 0.167. The largest absolute Gasteiger partial charge is 0.432 e. The Morgan fingerprint density at radius 3 is 2.42 bits per heavy atom. The summed E-state index contributed by atoms with van der Waals surface area (Å²) in [5, 5.41) is 25.5. The first-order valence-electron chi connectivity index (χ1n) is 12.9. The highest BCUT2D eigenvalue weighted by Crippen LogP contribution is 2.32. The predicted octanol–water partition coefficient (Wildman–Crippen LogP) is 6.78. The highest BCUT2D eigenvalue weighted by atomic mass is 19.4. The first-order chi connectivity index (χ1) is 19.0. The molecule has 1 amide bonds. The Kier molecular flexibility index (Phi) is 8.70. The molecule has 4 N–H and O–H groups in total. The van der Waals surface area contributed by atoms with E-state index < -0.39 is 23.5 Å². The first-order valence-corrected chi connectivity index (χ1v) is 12.9. The second kappa shape index (κ2) is 12.2. The molecule has 40 heavy (non-hydrogen) atoms. The second-order valence-corrected chi connectivity index (χ2v) is 10.0. The van der Waals surface area contributed by atoms with Crippen molar-refractivity contribution < 1.29 is 18.0 Å². The maximum absolute atomic E-state index is 13.2. The lowest BCUT2D eigenvalue weighted by Gasteiger charge is -2.23. The number of hydrogen-bond acceptors (Lipinski definition) is 5. The van der Waals surface area contributed by atoms with Crippen LogP contribution < -0.4 is 16.0 Å². The predicted molar refractivity (Wildman–Crippen MR) is 150 cm³/mol. The van der Waals surface area contributed by atoms with Crippen molar-refractivity contribution in [2.75, 3.05) is 17.2 Å². The van der Waals surface area contributed by atoms with Crippen molar-refractivity contribution in [1.82, 2.24) is 5.32 Å². The number of halogens is 3. The lowest BCUT2D eigenvalue weighted by Crippen LogP contribution is -2.26. The molecule has 4 rings (SSSR count). The highest BCUT2D eigenvalue weighted by Gasteiger charge is 2.33. The van der Waals surface area contributed by atoms with Gasteiger partial charge in [0.15, 0.2) is 0 Å². The van der Waals surface area contributed by atoms with Gasteiger partial charge in [-0.15, -0.1) is 0 Å². The molecule has 0 bridgehead atoms. The molecule has 1 atom stereocenters. The maximum Gasteiger partial charge on any atom is 0.432 e. The molecule has 0 radical (unpaired) electrons. The van der Waals surface area contributed by atoms with Gasteiger partial charge in [0.2, 0.25) is 0 Å². The molecule has 1 saturated carbocycles. The van der Waals surface area contributed by atoms with E-state index in [2.05, 4.69) is 34.1 Å². The molecule has 1 unspecified atom stereocenters. The van der Waals surface area contributed by atoms with E-state index in [4.69, 9.17) is 10.7 Å². The molecule has 0 aliphatic heterocycles. The molecule has 9 heteroatoms. The van der Waals surface area contributed by atoms with Crippen molar-refractivity contribution in [2.24, 2.45) is 5.92 Å². The number of amides is 1. The Morgan fingerprint density at radius 1 is 1.05 bits per heavy atom. The molecule has 3 aromatic rings. The van der Waals surface area contributed by atoms with Crippen molar-refractivity contribution >= 4 is 23.0 Å². The summed E-state index contributed by atoms with van der Waals surface area (Å²) in [7, 11) is 0. The number of nitrogens with zero attached hydrogens (tertiary/aromatic N) is 1. The number of alkyl halides is 3. The summed E-state index contributed by atoms with van der Waals surface area (Å²) in [6.07, 6.45) is -2.12. The molecular formula is C31H30F3N5O. The molecule has 1 aliphatic rings. The minimum Gasteiger partial charge on any atom is -0.351 e. The highest BCUT2D eigenvalue weighted by molar-refractivity contribution is 6.11. The summed E-state index contributed by atoms with van der Waals surface area (Å²) in [4.78, 5) is 13.2. The molecule has 1 aliphatic carbocycles. The zero-order valence-corrected chi connectivity index (χ0v) is 22.2. The van der Waals surface area contributed by atoms with Gasteiger partial charge in [-0.25, -0.2) is 0 Å². The number of hydrogen-bond donors (Lipinski definition) is 4. The summed E-state index contributed by atoms with van der Waals surface area (Å²) in [6.45, 7) is 4.93. The molecule has 206 valence electrons. The summed E-state index contributed by atoms with van der Waals surface area (Å²) in [6, 6.07) is 21.2. The van der Waals surface area contributed by atoms with Crippen molar-refractivity contribution in [3.8, 4) is 6.07 Å². The van der Waals surface area contributed by atoms with Gasteiger partial charge in [-0.05, 0) is 92.2 Å². The van der Waals surface area contributed by atoms with E-state index >= 15 is 0 Å². The molecule has 1 fully saturated rings. The summed E-state index contributed by atoms with van der Waals surface area (Å²) in [5.74, 6) is -0.222. The minimum absolute atomic E-state index is 0.141. The minimum atomic E-state index is -4.94. The molecular weight excluding hydrogens is 515 g/mol. The van der Waals surface area contributed by atoms with Crippen LogP contribution in [0.15, 0.2) is 78.5 Å². The number of aryl methyl sites for hydroxylation is 2. The van der Waals surface area contributed by atoms with Crippen LogP contribution in [0.5, 0.6) is 0 Å². The fraction of sp³-hybridized carbons (Fsp3) is 0.258. The van der Waals surface area contributed by atoms with Crippen LogP contribution in [0.3, 0.4) is 0 Å². The van der Waals surface area contributed by atoms with Crippen LogP contribution in [0.2, 0.25) is 0 Å². The Hall–Kier alpha value is -4.42. The number of benzene rings is 3. The van der Waals surface area contributed by atoms with Gasteiger partial charge in [0, 0.05) is 11.4 Å². The van der Waals surface area contributed by atoms with Gasteiger partial charge in [0.25, 0.3) is 5.91 Å². The van der Waals surface area contributed by atoms with Crippen molar-refractivity contribution in [1.29, 1.82) is 10.7 Å². The van der Waals surface area contributed by atoms with E-state index in [1.54, 1.807) is 18.2 Å². The number of nitriles is 1. The zero-order chi connectivity index (χ0) is 28.9. The fourth-order valence-electron chi connectivity index (χ4n) is 4.29. The zero-order valence-electron chi connectivity index (χ0n) is 22.2. The van der Waals surface area contributed by atoms with Crippen LogP contribution in [0.25, 0.3) is 0 Å². The van der Waals surface area contributed by atoms with Crippen molar-refractivity contribution in [3.05, 3.63) is 106 Å². The van der Waals surface area contributed by atoms with Crippen LogP contribution >= 0.6 is 0 Å². The average molecular weight is 546 g/mol. The van der Waals surface area contributed by atoms with Crippen LogP contribution in [-0.4, -0.2) is 24.3 Å². The Morgan fingerprint density at radius 2 is 1.75 bits per heavy atom. The molecule has 0 heterocycles. The van der Waals surface area contributed by atoms with Crippen LogP contribution in [0.4, 0.5) is 24.5 Å². The number of nitrogens with one attached hydrogen (secondary N) is 4. The van der Waals surface area contributed by atoms with Gasteiger partial charge in [0.1, 0.15) is 11.4 Å². The number of carbonyl (C=O) groups is 1. The molecule has 0 spiro atoms. The fourth-order valence-corrected chi connectivity index (χ4v) is 4.29. The van der Waals surface area contributed by atoms with Gasteiger partial charge in [-0.2, -0.15) is 18.4 Å². The summed E-state index contributed by atoms with van der Waals surface area (Å²) < 4.78 is 39.5. The smallest absolute Gasteiger partial charge is 0.351 e. The average Bonchev–Trinajstić information content (AvgIpc) is 3.74. The standard InChI is InChI=1S/C31H30F3N5O/c1-19-9-10-20(2)26(13-19)29(37-18-21-11-12-21)23-6-4-8-25(15-23)39-30(40)27(16-28(36)31(32,33)34)38-24-7-3-5-22(14-24)17-35/h3-10,13-16,21,29,36-38H,11-12,18H2,1-2H3,(H,39,40)/b27-16-,36-28?. The normalized spacial score (nSPS) is 14.2. The Balaban J connectivity index is 1.63. The summed E-state index contributed by atoms with van der Waals surface area (Å²) in [5.41, 5.74) is 2.98. The van der Waals surface area contributed by atoms with Gasteiger partial charge in [0.05, 0.1) is 17.7 Å². The summed E-state index contributed by atoms with van der Waals surface area (Å²) >= 11 is 0. The molecule has 0 aromatic heterocycles. The third-order valence-corrected chi connectivity index (χ3v) is 6.64. The van der Waals surface area contributed by atoms with E-state index in [0.29, 0.717) is 17.7 Å². The van der Waals surface area contributed by atoms with E-state index in [1.165, 1.54) is 37.1 Å². The lowest BCUT2D eigenvalue weighted by molar-refractivity contribution is -0.112. The maximum atomic E-state index is 13.2. The van der Waals surface area contributed by atoms with Crippen LogP contribution in [-0.2, 0) is 4.79 Å². The van der Waals surface area contributed by atoms with Crippen molar-refractivity contribution in [2.45, 2.75) is 38.9 Å². The van der Waals surface area contributed by atoms with E-state index in [9.17, 15) is 18.0 Å². The van der Waals surface area contributed by atoms with Crippen LogP contribution in [0, 0.1) is 36.5 Å². The Bertz CT molecular complexity index is 1480. The third-order valence-electron chi connectivity index (χ3n) is 6.64. The lowest BCUT2D eigenvalue weighted by atomic mass is 9.93. The monoisotopic (exact) mass is 545 g/mol. The SMILES string of the molecule is Cc1ccc(C)c(C(NCC2CC2)c2cccc(NC(=O)/C(=C/C(=N)C(F)(F)F)Nc3cccc(C#N)c3)c2)c1. The van der Waals surface area contributed by atoms with Gasteiger partial charge < -0.3 is 16.0 Å². The first kappa shape index (κ1) is 28.6.